The summed E-state index contributed by atoms with van der Waals surface area (Å²) in [5, 5.41) is 0. The Bertz CT molecular complexity index is 400. The van der Waals surface area contributed by atoms with Gasteiger partial charge in [0.1, 0.15) is 5.82 Å². The van der Waals surface area contributed by atoms with Crippen LogP contribution >= 0.6 is 15.9 Å². The Morgan fingerprint density at radius 1 is 1.31 bits per heavy atom. The van der Waals surface area contributed by atoms with Crippen LogP contribution in [-0.2, 0) is 0 Å². The largest absolute Gasteiger partial charge is 0.389 e. The number of Topliss-reactive ketones (excluding diaryl/α,β-unsaturated/α-hetero) is 1. The van der Waals surface area contributed by atoms with Gasteiger partial charge in [-0.05, 0) is 28.1 Å². The van der Waals surface area contributed by atoms with Gasteiger partial charge in [-0.2, -0.15) is 13.2 Å². The van der Waals surface area contributed by atoms with Gasteiger partial charge in [0.05, 0.1) is 10.9 Å². The van der Waals surface area contributed by atoms with Crippen molar-refractivity contribution >= 4 is 21.7 Å². The number of hydrogen-bond acceptors (Lipinski definition) is 1. The molecule has 0 unspecified atom stereocenters. The molecule has 16 heavy (non-hydrogen) atoms. The van der Waals surface area contributed by atoms with Crippen LogP contribution < -0.4 is 0 Å². The van der Waals surface area contributed by atoms with Gasteiger partial charge in [0.25, 0.3) is 0 Å². The van der Waals surface area contributed by atoms with Crippen LogP contribution in [-0.4, -0.2) is 12.0 Å². The van der Waals surface area contributed by atoms with Gasteiger partial charge in [0.2, 0.25) is 0 Å². The third-order valence-electron chi connectivity index (χ3n) is 1.88. The molecular weight excluding hydrogens is 292 g/mol. The smallest absolute Gasteiger partial charge is 0.294 e. The average Bonchev–Trinajstić information content (AvgIpc) is 2.17. The summed E-state index contributed by atoms with van der Waals surface area (Å²) in [4.78, 5) is 11.3. The number of ketones is 1. The quantitative estimate of drug-likeness (QED) is 0.606. The molecular formula is C10H7BrF4O. The normalized spacial score (nSPS) is 11.6. The van der Waals surface area contributed by atoms with Crippen molar-refractivity contribution in [3.63, 3.8) is 0 Å². The summed E-state index contributed by atoms with van der Waals surface area (Å²) in [7, 11) is 0. The van der Waals surface area contributed by atoms with Crippen molar-refractivity contribution in [1.29, 1.82) is 0 Å². The van der Waals surface area contributed by atoms with Crippen LogP contribution in [0, 0.1) is 5.82 Å². The van der Waals surface area contributed by atoms with Gasteiger partial charge >= 0.3 is 6.18 Å². The monoisotopic (exact) mass is 298 g/mol. The molecule has 0 saturated heterocycles. The molecule has 1 nitrogen and oxygen atoms in total. The highest BCUT2D eigenvalue weighted by Crippen LogP contribution is 2.23. The molecule has 0 fully saturated rings. The van der Waals surface area contributed by atoms with E-state index in [1.54, 1.807) is 0 Å². The van der Waals surface area contributed by atoms with Gasteiger partial charge in [-0.1, -0.05) is 6.07 Å². The van der Waals surface area contributed by atoms with Gasteiger partial charge in [-0.25, -0.2) is 4.39 Å². The van der Waals surface area contributed by atoms with Crippen molar-refractivity contribution in [2.45, 2.75) is 19.0 Å². The van der Waals surface area contributed by atoms with Crippen LogP contribution in [0.25, 0.3) is 0 Å². The summed E-state index contributed by atoms with van der Waals surface area (Å²) in [6, 6.07) is 3.49. The fourth-order valence-corrected chi connectivity index (χ4v) is 1.32. The van der Waals surface area contributed by atoms with Crippen LogP contribution in [0.1, 0.15) is 23.2 Å². The summed E-state index contributed by atoms with van der Waals surface area (Å²) in [6.45, 7) is 0. The number of carbonyl (C=O) groups excluding carboxylic acids is 1. The van der Waals surface area contributed by atoms with Crippen molar-refractivity contribution in [2.75, 3.05) is 0 Å². The lowest BCUT2D eigenvalue weighted by atomic mass is 10.1. The summed E-state index contributed by atoms with van der Waals surface area (Å²) in [6.07, 6.45) is -6.22. The molecule has 0 N–H and O–H groups in total. The number of carbonyl (C=O) groups is 1. The van der Waals surface area contributed by atoms with Crippen LogP contribution in [0.3, 0.4) is 0 Å². The Balaban J connectivity index is 2.70. The van der Waals surface area contributed by atoms with Gasteiger partial charge in [0.15, 0.2) is 5.78 Å². The van der Waals surface area contributed by atoms with Crippen LogP contribution in [0.2, 0.25) is 0 Å². The molecule has 88 valence electrons. The first kappa shape index (κ1) is 13.2. The zero-order valence-electron chi connectivity index (χ0n) is 7.94. The average molecular weight is 299 g/mol. The topological polar surface area (TPSA) is 17.1 Å². The number of halogens is 5. The van der Waals surface area contributed by atoms with Crippen LogP contribution in [0.5, 0.6) is 0 Å². The lowest BCUT2D eigenvalue weighted by Crippen LogP contribution is -2.11. The molecule has 1 rings (SSSR count). The SMILES string of the molecule is O=C(CCC(F)(F)F)c1ccc(Br)c(F)c1. The maximum atomic E-state index is 13.0. The van der Waals surface area contributed by atoms with Crippen LogP contribution in [0.15, 0.2) is 22.7 Å². The molecule has 0 aliphatic heterocycles. The molecule has 0 spiro atoms. The first-order chi connectivity index (χ1) is 7.29. The highest BCUT2D eigenvalue weighted by atomic mass is 79.9. The predicted molar refractivity (Wildman–Crippen MR) is 53.7 cm³/mol. The molecule has 0 aliphatic carbocycles. The predicted octanol–water partition coefficient (Wildman–Crippen LogP) is 4.11. The number of alkyl halides is 3. The van der Waals surface area contributed by atoms with E-state index in [1.807, 2.05) is 0 Å². The lowest BCUT2D eigenvalue weighted by molar-refractivity contribution is -0.133. The maximum absolute atomic E-state index is 13.0. The van der Waals surface area contributed by atoms with E-state index in [-0.39, 0.29) is 10.0 Å². The van der Waals surface area contributed by atoms with Crippen molar-refractivity contribution in [3.8, 4) is 0 Å². The summed E-state index contributed by atoms with van der Waals surface area (Å²) < 4.78 is 48.7. The zero-order chi connectivity index (χ0) is 12.3. The van der Waals surface area contributed by atoms with Crippen molar-refractivity contribution in [2.24, 2.45) is 0 Å². The minimum atomic E-state index is -4.37. The summed E-state index contributed by atoms with van der Waals surface area (Å²) >= 11 is 2.88. The van der Waals surface area contributed by atoms with Crippen molar-refractivity contribution < 1.29 is 22.4 Å². The van der Waals surface area contributed by atoms with E-state index in [2.05, 4.69) is 15.9 Å². The van der Waals surface area contributed by atoms with Gasteiger partial charge in [-0.3, -0.25) is 4.79 Å². The Labute approximate surface area is 97.6 Å². The highest BCUT2D eigenvalue weighted by molar-refractivity contribution is 9.10. The maximum Gasteiger partial charge on any atom is 0.389 e. The molecule has 0 aliphatic rings. The minimum Gasteiger partial charge on any atom is -0.294 e. The molecule has 1 aromatic carbocycles. The first-order valence-electron chi connectivity index (χ1n) is 4.34. The highest BCUT2D eigenvalue weighted by Gasteiger charge is 2.28. The van der Waals surface area contributed by atoms with E-state index in [9.17, 15) is 22.4 Å². The second kappa shape index (κ2) is 4.95. The Morgan fingerprint density at radius 3 is 2.44 bits per heavy atom. The number of benzene rings is 1. The molecule has 0 atom stereocenters. The van der Waals surface area contributed by atoms with Crippen LogP contribution in [0.4, 0.5) is 17.6 Å². The summed E-state index contributed by atoms with van der Waals surface area (Å²) in [5.41, 5.74) is -0.0510. The standard InChI is InChI=1S/C10H7BrF4O/c11-7-2-1-6(5-8(7)12)9(16)3-4-10(13,14)15/h1-2,5H,3-4H2. The fourth-order valence-electron chi connectivity index (χ4n) is 1.07. The van der Waals surface area contributed by atoms with E-state index in [0.29, 0.717) is 0 Å². The molecule has 0 bridgehead atoms. The second-order valence-electron chi connectivity index (χ2n) is 3.17. The lowest BCUT2D eigenvalue weighted by Gasteiger charge is -2.05. The number of rotatable bonds is 3. The fraction of sp³-hybridized carbons (Fsp3) is 0.300. The first-order valence-corrected chi connectivity index (χ1v) is 5.14. The van der Waals surface area contributed by atoms with E-state index >= 15 is 0 Å². The van der Waals surface area contributed by atoms with E-state index < -0.39 is 30.6 Å². The van der Waals surface area contributed by atoms with Gasteiger partial charge in [-0.15, -0.1) is 0 Å². The van der Waals surface area contributed by atoms with Gasteiger partial charge in [0, 0.05) is 12.0 Å². The molecule has 6 heteroatoms. The zero-order valence-corrected chi connectivity index (χ0v) is 9.53. The molecule has 0 radical (unpaired) electrons. The van der Waals surface area contributed by atoms with E-state index in [1.165, 1.54) is 12.1 Å². The van der Waals surface area contributed by atoms with E-state index in [0.717, 1.165) is 6.07 Å². The van der Waals surface area contributed by atoms with E-state index in [4.69, 9.17) is 0 Å². The van der Waals surface area contributed by atoms with Gasteiger partial charge < -0.3 is 0 Å². The Hall–Kier alpha value is -0.910. The molecule has 0 amide bonds. The minimum absolute atomic E-state index is 0.0510. The van der Waals surface area contributed by atoms with Crippen molar-refractivity contribution in [1.82, 2.24) is 0 Å². The third kappa shape index (κ3) is 3.92. The Kier molecular flexibility index (Phi) is 4.07. The molecule has 1 aromatic rings. The summed E-state index contributed by atoms with van der Waals surface area (Å²) in [5.74, 6) is -1.39. The second-order valence-corrected chi connectivity index (χ2v) is 4.02. The molecule has 0 heterocycles. The molecule has 0 saturated carbocycles. The van der Waals surface area contributed by atoms with Crippen molar-refractivity contribution in [3.05, 3.63) is 34.1 Å². The molecule has 0 aromatic heterocycles. The third-order valence-corrected chi connectivity index (χ3v) is 2.52. The Morgan fingerprint density at radius 2 is 1.94 bits per heavy atom. The number of hydrogen-bond donors (Lipinski definition) is 0.